The summed E-state index contributed by atoms with van der Waals surface area (Å²) < 4.78 is 13.1. The monoisotopic (exact) mass is 476 g/mol. The maximum absolute atomic E-state index is 13.2. The standard InChI is InChI=1S/C31H56O3/c1-7-8-9-10-11-12-13-14-19-27(26(32)18-16-15-17-23(2)3)33-28-22-24-25-20-21-31(6,29(24)34-28)30(25,4)5/h23-25,27-29H,7-22H2,1-6H3/t24-,25+,27+,28-,29-,31-/m0/s1. The predicted octanol–water partition coefficient (Wildman–Crippen LogP) is 8.88. The van der Waals surface area contributed by atoms with Crippen molar-refractivity contribution in [1.82, 2.24) is 0 Å². The zero-order chi connectivity index (χ0) is 24.8. The van der Waals surface area contributed by atoms with Crippen LogP contribution in [0.15, 0.2) is 0 Å². The molecule has 0 N–H and O–H groups in total. The SMILES string of the molecule is CCCCCCCCCC[C@@H](O[C@@H]1C[C@H]2[C@H]3CC[C@@](C)([C@H]2O1)C3(C)C)C(=O)CCCCC(C)C. The maximum Gasteiger partial charge on any atom is 0.161 e. The zero-order valence-electron chi connectivity index (χ0n) is 23.5. The van der Waals surface area contributed by atoms with Crippen LogP contribution in [0, 0.1) is 28.6 Å². The lowest BCUT2D eigenvalue weighted by Gasteiger charge is -2.38. The second kappa shape index (κ2) is 12.7. The Bertz CT molecular complexity index is 626. The van der Waals surface area contributed by atoms with Gasteiger partial charge in [-0.1, -0.05) is 106 Å². The van der Waals surface area contributed by atoms with E-state index in [0.717, 1.165) is 38.0 Å². The molecule has 3 nitrogen and oxygen atoms in total. The Morgan fingerprint density at radius 1 is 0.941 bits per heavy atom. The van der Waals surface area contributed by atoms with Crippen LogP contribution in [0.3, 0.4) is 0 Å². The third kappa shape index (κ3) is 6.47. The first-order chi connectivity index (χ1) is 16.2. The van der Waals surface area contributed by atoms with E-state index in [9.17, 15) is 4.79 Å². The van der Waals surface area contributed by atoms with Crippen LogP contribution in [0.2, 0.25) is 0 Å². The molecule has 0 aromatic rings. The van der Waals surface area contributed by atoms with Gasteiger partial charge in [0, 0.05) is 12.8 Å². The Morgan fingerprint density at radius 3 is 2.24 bits per heavy atom. The first-order valence-corrected chi connectivity index (χ1v) is 15.0. The van der Waals surface area contributed by atoms with E-state index >= 15 is 0 Å². The van der Waals surface area contributed by atoms with Gasteiger partial charge in [0.2, 0.25) is 0 Å². The highest BCUT2D eigenvalue weighted by molar-refractivity contribution is 5.83. The van der Waals surface area contributed by atoms with Crippen LogP contribution >= 0.6 is 0 Å². The Morgan fingerprint density at radius 2 is 1.59 bits per heavy atom. The highest BCUT2D eigenvalue weighted by Crippen LogP contribution is 2.71. The maximum atomic E-state index is 13.2. The Hall–Kier alpha value is -0.410. The van der Waals surface area contributed by atoms with Crippen LogP contribution in [0.5, 0.6) is 0 Å². The minimum Gasteiger partial charge on any atom is -0.349 e. The number of hydrogen-bond acceptors (Lipinski definition) is 3. The average Bonchev–Trinajstić information content (AvgIpc) is 3.35. The second-order valence-corrected chi connectivity index (χ2v) is 13.2. The molecule has 6 atom stereocenters. The van der Waals surface area contributed by atoms with Crippen molar-refractivity contribution in [3.63, 3.8) is 0 Å². The van der Waals surface area contributed by atoms with E-state index in [0.29, 0.717) is 35.6 Å². The topological polar surface area (TPSA) is 35.5 Å². The van der Waals surface area contributed by atoms with Gasteiger partial charge in [0.15, 0.2) is 12.1 Å². The third-order valence-corrected chi connectivity index (χ3v) is 10.1. The lowest BCUT2D eigenvalue weighted by Crippen LogP contribution is -2.38. The van der Waals surface area contributed by atoms with Gasteiger partial charge in [0.1, 0.15) is 6.10 Å². The van der Waals surface area contributed by atoms with E-state index in [1.165, 1.54) is 64.2 Å². The molecule has 0 aromatic heterocycles. The van der Waals surface area contributed by atoms with Crippen molar-refractivity contribution in [3.05, 3.63) is 0 Å². The van der Waals surface area contributed by atoms with Crippen LogP contribution in [0.1, 0.15) is 144 Å². The fourth-order valence-corrected chi connectivity index (χ4v) is 7.54. The number of fused-ring (bicyclic) bond motifs is 5. The van der Waals surface area contributed by atoms with Crippen LogP contribution in [-0.2, 0) is 14.3 Å². The first-order valence-electron chi connectivity index (χ1n) is 15.0. The van der Waals surface area contributed by atoms with Crippen LogP contribution in [0.25, 0.3) is 0 Å². The summed E-state index contributed by atoms with van der Waals surface area (Å²) >= 11 is 0. The van der Waals surface area contributed by atoms with Gasteiger partial charge < -0.3 is 9.47 Å². The summed E-state index contributed by atoms with van der Waals surface area (Å²) in [5.74, 6) is 2.39. The van der Waals surface area contributed by atoms with Crippen LogP contribution in [0.4, 0.5) is 0 Å². The average molecular weight is 477 g/mol. The number of ether oxygens (including phenoxy) is 2. The summed E-state index contributed by atoms with van der Waals surface area (Å²) in [5, 5.41) is 0. The minimum atomic E-state index is -0.263. The second-order valence-electron chi connectivity index (χ2n) is 13.2. The number of hydrogen-bond donors (Lipinski definition) is 0. The molecule has 1 aliphatic heterocycles. The summed E-state index contributed by atoms with van der Waals surface area (Å²) in [6, 6.07) is 0. The molecule has 34 heavy (non-hydrogen) atoms. The number of carbonyl (C=O) groups excluding carboxylic acids is 1. The quantitative estimate of drug-likeness (QED) is 0.197. The Kier molecular flexibility index (Phi) is 10.5. The summed E-state index contributed by atoms with van der Waals surface area (Å²) in [5.41, 5.74) is 0.616. The van der Waals surface area contributed by atoms with Gasteiger partial charge in [-0.05, 0) is 54.3 Å². The highest BCUT2D eigenvalue weighted by atomic mass is 16.7. The highest BCUT2D eigenvalue weighted by Gasteiger charge is 2.69. The number of Topliss-reactive ketones (excluding diaryl/α,β-unsaturated/α-hetero) is 1. The summed E-state index contributed by atoms with van der Waals surface area (Å²) in [7, 11) is 0. The van der Waals surface area contributed by atoms with Crippen LogP contribution in [-0.4, -0.2) is 24.3 Å². The summed E-state index contributed by atoms with van der Waals surface area (Å²) in [4.78, 5) is 13.2. The zero-order valence-corrected chi connectivity index (χ0v) is 23.5. The van der Waals surface area contributed by atoms with Crippen molar-refractivity contribution >= 4 is 5.78 Å². The number of unbranched alkanes of at least 4 members (excludes halogenated alkanes) is 8. The summed E-state index contributed by atoms with van der Waals surface area (Å²) in [6.45, 7) is 14.1. The van der Waals surface area contributed by atoms with E-state index in [4.69, 9.17) is 9.47 Å². The molecule has 0 radical (unpaired) electrons. The third-order valence-electron chi connectivity index (χ3n) is 10.1. The van der Waals surface area contributed by atoms with E-state index in [1.807, 2.05) is 0 Å². The molecule has 198 valence electrons. The van der Waals surface area contributed by atoms with Crippen molar-refractivity contribution in [3.8, 4) is 0 Å². The number of carbonyl (C=O) groups is 1. The largest absolute Gasteiger partial charge is 0.349 e. The van der Waals surface area contributed by atoms with Gasteiger partial charge in [0.25, 0.3) is 0 Å². The van der Waals surface area contributed by atoms with E-state index < -0.39 is 0 Å². The van der Waals surface area contributed by atoms with Gasteiger partial charge in [0.05, 0.1) is 6.10 Å². The molecular formula is C31H56O3. The van der Waals surface area contributed by atoms with Gasteiger partial charge in [-0.25, -0.2) is 0 Å². The first kappa shape index (κ1) is 28.2. The van der Waals surface area contributed by atoms with Crippen molar-refractivity contribution in [2.45, 2.75) is 163 Å². The number of ketones is 1. The van der Waals surface area contributed by atoms with E-state index in [-0.39, 0.29) is 17.8 Å². The molecule has 1 heterocycles. The molecule has 2 bridgehead atoms. The Labute approximate surface area is 211 Å². The lowest BCUT2D eigenvalue weighted by molar-refractivity contribution is -0.190. The van der Waals surface area contributed by atoms with E-state index in [1.54, 1.807) is 0 Å². The van der Waals surface area contributed by atoms with Crippen molar-refractivity contribution < 1.29 is 14.3 Å². The molecule has 1 saturated heterocycles. The molecule has 0 spiro atoms. The van der Waals surface area contributed by atoms with Crippen molar-refractivity contribution in [2.75, 3.05) is 0 Å². The Balaban J connectivity index is 1.48. The van der Waals surface area contributed by atoms with Gasteiger partial charge >= 0.3 is 0 Å². The molecule has 2 saturated carbocycles. The molecule has 0 unspecified atom stereocenters. The minimum absolute atomic E-state index is 0.176. The van der Waals surface area contributed by atoms with Gasteiger partial charge in [-0.15, -0.1) is 0 Å². The molecule has 0 amide bonds. The normalized spacial score (nSPS) is 32.4. The van der Waals surface area contributed by atoms with Crippen molar-refractivity contribution in [2.24, 2.45) is 28.6 Å². The molecule has 3 rings (SSSR count). The molecular weight excluding hydrogens is 420 g/mol. The number of rotatable bonds is 17. The molecule has 3 fully saturated rings. The molecule has 3 aliphatic rings. The van der Waals surface area contributed by atoms with Crippen molar-refractivity contribution in [1.29, 1.82) is 0 Å². The lowest BCUT2D eigenvalue weighted by atomic mass is 9.70. The van der Waals surface area contributed by atoms with Crippen LogP contribution < -0.4 is 0 Å². The molecule has 0 aromatic carbocycles. The summed E-state index contributed by atoms with van der Waals surface area (Å²) in [6.07, 6.45) is 18.7. The smallest absolute Gasteiger partial charge is 0.161 e. The molecule has 2 aliphatic carbocycles. The fraction of sp³-hybridized carbons (Fsp3) is 0.968. The predicted molar refractivity (Wildman–Crippen MR) is 142 cm³/mol. The molecule has 3 heteroatoms. The van der Waals surface area contributed by atoms with E-state index in [2.05, 4.69) is 41.5 Å². The fourth-order valence-electron chi connectivity index (χ4n) is 7.54. The van der Waals surface area contributed by atoms with Gasteiger partial charge in [-0.3, -0.25) is 4.79 Å². The van der Waals surface area contributed by atoms with Gasteiger partial charge in [-0.2, -0.15) is 0 Å².